The van der Waals surface area contributed by atoms with Crippen molar-refractivity contribution in [3.63, 3.8) is 0 Å². The number of carbonyl (C=O) groups excluding carboxylic acids is 1. The minimum absolute atomic E-state index is 0.0365. The third-order valence-electron chi connectivity index (χ3n) is 1.91. The third kappa shape index (κ3) is 4.99. The summed E-state index contributed by atoms with van der Waals surface area (Å²) >= 11 is 4.21. The molecule has 1 unspecified atom stereocenters. The average molecular weight is 238 g/mol. The van der Waals surface area contributed by atoms with Gasteiger partial charge in [0.15, 0.2) is 0 Å². The van der Waals surface area contributed by atoms with Crippen LogP contribution in [0.3, 0.4) is 0 Å². The Hall–Kier alpha value is -0.0431. The molecule has 1 atom stereocenters. The van der Waals surface area contributed by atoms with E-state index in [4.69, 9.17) is 13.3 Å². The van der Waals surface area contributed by atoms with Crippen molar-refractivity contribution in [2.75, 3.05) is 14.2 Å². The van der Waals surface area contributed by atoms with E-state index in [1.807, 2.05) is 6.92 Å². The lowest BCUT2D eigenvalue weighted by Gasteiger charge is -2.22. The highest BCUT2D eigenvalue weighted by Gasteiger charge is 2.36. The van der Waals surface area contributed by atoms with Crippen molar-refractivity contribution in [3.8, 4) is 0 Å². The Balaban J connectivity index is 4.04. The summed E-state index contributed by atoms with van der Waals surface area (Å²) in [5.74, 6) is -0.315. The molecule has 0 N–H and O–H groups in total. The maximum absolute atomic E-state index is 11.3. The second kappa shape index (κ2) is 6.44. The van der Waals surface area contributed by atoms with Gasteiger partial charge in [0.05, 0.1) is 6.42 Å². The highest BCUT2D eigenvalue weighted by Crippen LogP contribution is 2.12. The van der Waals surface area contributed by atoms with E-state index >= 15 is 0 Å². The molecule has 0 bridgehead atoms. The minimum atomic E-state index is -2.72. The summed E-state index contributed by atoms with van der Waals surface area (Å²) in [6.45, 7) is 3.64. The van der Waals surface area contributed by atoms with Crippen LogP contribution in [0.2, 0.25) is 6.55 Å². The highest BCUT2D eigenvalue weighted by molar-refractivity contribution is 7.81. The predicted molar refractivity (Wildman–Crippen MR) is 59.4 cm³/mol. The van der Waals surface area contributed by atoms with E-state index in [2.05, 4.69) is 12.6 Å². The Kier molecular flexibility index (Phi) is 6.42. The van der Waals surface area contributed by atoms with Gasteiger partial charge in [-0.3, -0.25) is 4.79 Å². The van der Waals surface area contributed by atoms with Crippen LogP contribution >= 0.6 is 12.6 Å². The molecule has 14 heavy (non-hydrogen) atoms. The van der Waals surface area contributed by atoms with Gasteiger partial charge in [-0.15, -0.1) is 0 Å². The molecule has 84 valence electrons. The van der Waals surface area contributed by atoms with E-state index in [0.29, 0.717) is 0 Å². The topological polar surface area (TPSA) is 44.8 Å². The lowest BCUT2D eigenvalue weighted by Crippen LogP contribution is -2.42. The maximum Gasteiger partial charge on any atom is 0.564 e. The fraction of sp³-hybridized carbons (Fsp3) is 0.875. The third-order valence-corrected chi connectivity index (χ3v) is 4.54. The van der Waals surface area contributed by atoms with E-state index in [9.17, 15) is 4.79 Å². The molecule has 0 amide bonds. The summed E-state index contributed by atoms with van der Waals surface area (Å²) in [7, 11) is 0.223. The molecule has 0 aliphatic rings. The monoisotopic (exact) mass is 238 g/mol. The Labute approximate surface area is 91.7 Å². The summed E-state index contributed by atoms with van der Waals surface area (Å²) in [5.41, 5.74) is 0. The van der Waals surface area contributed by atoms with Crippen LogP contribution in [0.15, 0.2) is 0 Å². The van der Waals surface area contributed by atoms with Crippen LogP contribution in [0.4, 0.5) is 0 Å². The first-order valence-corrected chi connectivity index (χ1v) is 7.21. The van der Waals surface area contributed by atoms with Gasteiger partial charge in [-0.1, -0.05) is 6.92 Å². The van der Waals surface area contributed by atoms with Crippen molar-refractivity contribution in [1.82, 2.24) is 0 Å². The molecule has 0 aromatic rings. The van der Waals surface area contributed by atoms with E-state index < -0.39 is 8.80 Å². The minimum Gasteiger partial charge on any atom is -0.473 e. The second-order valence-corrected chi connectivity index (χ2v) is 6.49. The van der Waals surface area contributed by atoms with Gasteiger partial charge in [0.2, 0.25) is 0 Å². The smallest absolute Gasteiger partial charge is 0.473 e. The van der Waals surface area contributed by atoms with Gasteiger partial charge in [-0.25, -0.2) is 0 Å². The normalized spacial score (nSPS) is 13.8. The molecule has 0 rings (SSSR count). The molecule has 0 aliphatic carbocycles. The first-order valence-electron chi connectivity index (χ1n) is 4.47. The molecule has 4 nitrogen and oxygen atoms in total. The molecule has 0 spiro atoms. The predicted octanol–water partition coefficient (Wildman–Crippen LogP) is 1.49. The van der Waals surface area contributed by atoms with Crippen molar-refractivity contribution in [1.29, 1.82) is 0 Å². The van der Waals surface area contributed by atoms with E-state index in [1.165, 1.54) is 14.2 Å². The molecule has 0 saturated carbocycles. The van der Waals surface area contributed by atoms with Gasteiger partial charge >= 0.3 is 8.80 Å². The molecule has 0 aromatic carbocycles. The number of hydrogen-bond donors (Lipinski definition) is 1. The summed E-state index contributed by atoms with van der Waals surface area (Å²) in [5, 5.41) is 0.0365. The molecule has 0 aliphatic heterocycles. The lowest BCUT2D eigenvalue weighted by molar-refractivity contribution is -0.138. The molecule has 0 heterocycles. The summed E-state index contributed by atoms with van der Waals surface area (Å²) < 4.78 is 15.2. The van der Waals surface area contributed by atoms with Crippen LogP contribution in [0.5, 0.6) is 0 Å². The Morgan fingerprint density at radius 3 is 2.29 bits per heavy atom. The van der Waals surface area contributed by atoms with Gasteiger partial charge in [-0.05, 0) is 6.42 Å². The van der Waals surface area contributed by atoms with Crippen molar-refractivity contribution in [2.45, 2.75) is 31.6 Å². The Morgan fingerprint density at radius 2 is 1.93 bits per heavy atom. The molecular formula is C8H18O4SSi. The summed E-state index contributed by atoms with van der Waals surface area (Å²) in [6.07, 6.45) is 1.12. The van der Waals surface area contributed by atoms with Crippen LogP contribution in [-0.2, 0) is 18.1 Å². The number of thiol groups is 1. The van der Waals surface area contributed by atoms with Crippen LogP contribution in [0, 0.1) is 0 Å². The highest BCUT2D eigenvalue weighted by atomic mass is 32.1. The fourth-order valence-electron chi connectivity index (χ4n) is 0.752. The first-order chi connectivity index (χ1) is 6.47. The second-order valence-electron chi connectivity index (χ2n) is 3.01. The van der Waals surface area contributed by atoms with Crippen LogP contribution < -0.4 is 0 Å². The van der Waals surface area contributed by atoms with E-state index in [1.54, 1.807) is 6.55 Å². The zero-order valence-corrected chi connectivity index (χ0v) is 11.0. The van der Waals surface area contributed by atoms with Gasteiger partial charge in [-0.2, -0.15) is 12.6 Å². The largest absolute Gasteiger partial charge is 0.564 e. The van der Waals surface area contributed by atoms with Crippen LogP contribution in [0.1, 0.15) is 19.8 Å². The molecule has 0 saturated heterocycles. The SMILES string of the molecule is CCC(S)CC(=O)O[Si](C)(OC)OC. The Bertz CT molecular complexity index is 184. The van der Waals surface area contributed by atoms with Gasteiger partial charge in [0.25, 0.3) is 5.97 Å². The molecule has 0 radical (unpaired) electrons. The zero-order valence-electron chi connectivity index (χ0n) is 9.07. The van der Waals surface area contributed by atoms with E-state index in [0.717, 1.165) is 6.42 Å². The number of rotatable bonds is 6. The van der Waals surface area contributed by atoms with Crippen molar-refractivity contribution < 1.29 is 18.1 Å². The Morgan fingerprint density at radius 1 is 1.43 bits per heavy atom. The van der Waals surface area contributed by atoms with Gasteiger partial charge in [0, 0.05) is 26.0 Å². The summed E-state index contributed by atoms with van der Waals surface area (Å²) in [6, 6.07) is 0. The molecule has 6 heteroatoms. The van der Waals surface area contributed by atoms with Crippen molar-refractivity contribution >= 4 is 27.4 Å². The summed E-state index contributed by atoms with van der Waals surface area (Å²) in [4.78, 5) is 11.3. The number of hydrogen-bond acceptors (Lipinski definition) is 5. The quantitative estimate of drug-likeness (QED) is 0.562. The zero-order chi connectivity index (χ0) is 11.2. The average Bonchev–Trinajstić information content (AvgIpc) is 2.17. The maximum atomic E-state index is 11.3. The first kappa shape index (κ1) is 14.0. The van der Waals surface area contributed by atoms with Crippen molar-refractivity contribution in [3.05, 3.63) is 0 Å². The van der Waals surface area contributed by atoms with E-state index in [-0.39, 0.29) is 17.6 Å². The van der Waals surface area contributed by atoms with Crippen molar-refractivity contribution in [2.24, 2.45) is 0 Å². The molecule has 0 fully saturated rings. The van der Waals surface area contributed by atoms with Gasteiger partial charge in [0.1, 0.15) is 0 Å². The molecule has 0 aromatic heterocycles. The fourth-order valence-corrected chi connectivity index (χ4v) is 1.73. The number of carbonyl (C=O) groups is 1. The van der Waals surface area contributed by atoms with Crippen LogP contribution in [0.25, 0.3) is 0 Å². The lowest BCUT2D eigenvalue weighted by atomic mass is 10.2. The molecular weight excluding hydrogens is 220 g/mol. The van der Waals surface area contributed by atoms with Crippen LogP contribution in [-0.4, -0.2) is 34.2 Å². The van der Waals surface area contributed by atoms with Gasteiger partial charge < -0.3 is 13.3 Å². The standard InChI is InChI=1S/C8H18O4SSi/c1-5-7(13)6-8(9)12-14(4,10-2)11-3/h7,13H,5-6H2,1-4H3.